The minimum Gasteiger partial charge on any atom is -0.269 e. The zero-order valence-corrected chi connectivity index (χ0v) is 8.76. The SMILES string of the molecule is CC1CN(N)CC2(CCCCC2)C1. The van der Waals surface area contributed by atoms with Crippen molar-refractivity contribution in [2.24, 2.45) is 17.2 Å². The van der Waals surface area contributed by atoms with Crippen molar-refractivity contribution in [3.63, 3.8) is 0 Å². The lowest BCUT2D eigenvalue weighted by molar-refractivity contribution is 0.0245. The molecule has 1 aliphatic heterocycles. The van der Waals surface area contributed by atoms with Crippen LogP contribution in [0.25, 0.3) is 0 Å². The third-order valence-corrected chi connectivity index (χ3v) is 3.78. The van der Waals surface area contributed by atoms with Crippen molar-refractivity contribution in [2.75, 3.05) is 13.1 Å². The molecule has 0 aromatic rings. The standard InChI is InChI=1S/C11H22N2/c1-10-7-11(9-13(12)8-10)5-3-2-4-6-11/h10H,2-9,12H2,1H3. The maximum atomic E-state index is 5.96. The molecule has 1 unspecified atom stereocenters. The van der Waals surface area contributed by atoms with Gasteiger partial charge in [0.05, 0.1) is 0 Å². The number of nitrogens with zero attached hydrogens (tertiary/aromatic N) is 1. The van der Waals surface area contributed by atoms with Crippen molar-refractivity contribution < 1.29 is 0 Å². The third kappa shape index (κ3) is 2.05. The highest BCUT2D eigenvalue weighted by Gasteiger charge is 2.38. The van der Waals surface area contributed by atoms with Crippen LogP contribution in [0.5, 0.6) is 0 Å². The molecular formula is C11H22N2. The van der Waals surface area contributed by atoms with Crippen LogP contribution in [0.4, 0.5) is 0 Å². The summed E-state index contributed by atoms with van der Waals surface area (Å²) in [5.41, 5.74) is 0.602. The van der Waals surface area contributed by atoms with Crippen LogP contribution in [-0.2, 0) is 0 Å². The van der Waals surface area contributed by atoms with E-state index in [4.69, 9.17) is 5.84 Å². The van der Waals surface area contributed by atoms with Gasteiger partial charge in [0.1, 0.15) is 0 Å². The second-order valence-electron chi connectivity index (χ2n) is 5.30. The van der Waals surface area contributed by atoms with E-state index in [1.807, 2.05) is 0 Å². The zero-order chi connectivity index (χ0) is 9.31. The minimum absolute atomic E-state index is 0.602. The summed E-state index contributed by atoms with van der Waals surface area (Å²) in [5, 5.41) is 2.06. The maximum absolute atomic E-state index is 5.96. The lowest BCUT2D eigenvalue weighted by Gasteiger charge is -2.46. The second-order valence-corrected chi connectivity index (χ2v) is 5.30. The van der Waals surface area contributed by atoms with Crippen molar-refractivity contribution in [1.29, 1.82) is 0 Å². The molecule has 0 aromatic heterocycles. The lowest BCUT2D eigenvalue weighted by Crippen LogP contribution is -2.50. The van der Waals surface area contributed by atoms with Crippen LogP contribution in [0, 0.1) is 11.3 Å². The average molecular weight is 182 g/mol. The molecule has 0 aromatic carbocycles. The molecule has 1 saturated carbocycles. The van der Waals surface area contributed by atoms with E-state index >= 15 is 0 Å². The van der Waals surface area contributed by atoms with E-state index in [-0.39, 0.29) is 0 Å². The second kappa shape index (κ2) is 3.58. The molecule has 76 valence electrons. The highest BCUT2D eigenvalue weighted by atomic mass is 15.4. The van der Waals surface area contributed by atoms with Gasteiger partial charge in [-0.05, 0) is 30.6 Å². The number of hydrogen-bond acceptors (Lipinski definition) is 2. The minimum atomic E-state index is 0.602. The van der Waals surface area contributed by atoms with E-state index in [1.165, 1.54) is 38.5 Å². The Kier molecular flexibility index (Phi) is 2.61. The fourth-order valence-corrected chi connectivity index (χ4v) is 3.43. The first-order valence-corrected chi connectivity index (χ1v) is 5.70. The first-order chi connectivity index (χ1) is 6.20. The summed E-state index contributed by atoms with van der Waals surface area (Å²) in [4.78, 5) is 0. The molecule has 1 atom stereocenters. The first kappa shape index (κ1) is 9.47. The van der Waals surface area contributed by atoms with Crippen LogP contribution in [0.15, 0.2) is 0 Å². The molecule has 1 saturated heterocycles. The Balaban J connectivity index is 2.02. The molecule has 13 heavy (non-hydrogen) atoms. The molecule has 2 N–H and O–H groups in total. The van der Waals surface area contributed by atoms with Gasteiger partial charge in [0.2, 0.25) is 0 Å². The molecule has 2 heteroatoms. The lowest BCUT2D eigenvalue weighted by atomic mass is 9.67. The Labute approximate surface area is 81.4 Å². The highest BCUT2D eigenvalue weighted by molar-refractivity contribution is 4.90. The first-order valence-electron chi connectivity index (χ1n) is 5.70. The molecule has 2 nitrogen and oxygen atoms in total. The van der Waals surface area contributed by atoms with Crippen molar-refractivity contribution in [1.82, 2.24) is 5.01 Å². The topological polar surface area (TPSA) is 29.3 Å². The smallest absolute Gasteiger partial charge is 0.0185 e. The maximum Gasteiger partial charge on any atom is 0.0185 e. The molecule has 1 spiro atoms. The van der Waals surface area contributed by atoms with E-state index in [1.54, 1.807) is 0 Å². The Morgan fingerprint density at radius 2 is 1.92 bits per heavy atom. The third-order valence-electron chi connectivity index (χ3n) is 3.78. The normalized spacial score (nSPS) is 35.1. The van der Waals surface area contributed by atoms with E-state index in [0.29, 0.717) is 5.41 Å². The van der Waals surface area contributed by atoms with Crippen molar-refractivity contribution in [3.05, 3.63) is 0 Å². The van der Waals surface area contributed by atoms with Crippen LogP contribution in [0.1, 0.15) is 45.4 Å². The largest absolute Gasteiger partial charge is 0.269 e. The molecule has 1 heterocycles. The quantitative estimate of drug-likeness (QED) is 0.582. The Morgan fingerprint density at radius 3 is 2.54 bits per heavy atom. The van der Waals surface area contributed by atoms with Crippen LogP contribution < -0.4 is 5.84 Å². The fraction of sp³-hybridized carbons (Fsp3) is 1.00. The van der Waals surface area contributed by atoms with Gasteiger partial charge in [-0.15, -0.1) is 0 Å². The average Bonchev–Trinajstić information content (AvgIpc) is 2.02. The van der Waals surface area contributed by atoms with Gasteiger partial charge in [0, 0.05) is 13.1 Å². The summed E-state index contributed by atoms with van der Waals surface area (Å²) in [7, 11) is 0. The summed E-state index contributed by atoms with van der Waals surface area (Å²) in [6.07, 6.45) is 8.57. The molecule has 1 aliphatic carbocycles. The van der Waals surface area contributed by atoms with Crippen LogP contribution in [0.3, 0.4) is 0 Å². The number of hydrogen-bond donors (Lipinski definition) is 1. The molecule has 2 aliphatic rings. The number of nitrogens with two attached hydrogens (primary N) is 1. The molecule has 0 bridgehead atoms. The van der Waals surface area contributed by atoms with Gasteiger partial charge in [-0.3, -0.25) is 5.84 Å². The summed E-state index contributed by atoms with van der Waals surface area (Å²) < 4.78 is 0. The van der Waals surface area contributed by atoms with Crippen LogP contribution in [0.2, 0.25) is 0 Å². The summed E-state index contributed by atoms with van der Waals surface area (Å²) >= 11 is 0. The van der Waals surface area contributed by atoms with E-state index in [9.17, 15) is 0 Å². The van der Waals surface area contributed by atoms with Gasteiger partial charge in [-0.2, -0.15) is 0 Å². The molecule has 0 radical (unpaired) electrons. The van der Waals surface area contributed by atoms with Crippen molar-refractivity contribution in [2.45, 2.75) is 45.4 Å². The van der Waals surface area contributed by atoms with Gasteiger partial charge < -0.3 is 0 Å². The highest BCUT2D eigenvalue weighted by Crippen LogP contribution is 2.43. The van der Waals surface area contributed by atoms with Crippen molar-refractivity contribution in [3.8, 4) is 0 Å². The van der Waals surface area contributed by atoms with E-state index < -0.39 is 0 Å². The predicted molar refractivity (Wildman–Crippen MR) is 55.1 cm³/mol. The van der Waals surface area contributed by atoms with Gasteiger partial charge in [0.15, 0.2) is 0 Å². The molecule has 0 amide bonds. The zero-order valence-electron chi connectivity index (χ0n) is 8.76. The van der Waals surface area contributed by atoms with Crippen LogP contribution >= 0.6 is 0 Å². The number of rotatable bonds is 0. The monoisotopic (exact) mass is 182 g/mol. The fourth-order valence-electron chi connectivity index (χ4n) is 3.43. The van der Waals surface area contributed by atoms with E-state index in [0.717, 1.165) is 19.0 Å². The summed E-state index contributed by atoms with van der Waals surface area (Å²) in [6.45, 7) is 4.59. The Morgan fingerprint density at radius 1 is 1.23 bits per heavy atom. The molecular weight excluding hydrogens is 160 g/mol. The van der Waals surface area contributed by atoms with Crippen LogP contribution in [-0.4, -0.2) is 18.1 Å². The Hall–Kier alpha value is -0.0800. The molecule has 2 rings (SSSR count). The Bertz CT molecular complexity index is 161. The predicted octanol–water partition coefficient (Wildman–Crippen LogP) is 2.15. The van der Waals surface area contributed by atoms with Gasteiger partial charge in [-0.1, -0.05) is 26.2 Å². The van der Waals surface area contributed by atoms with E-state index in [2.05, 4.69) is 11.9 Å². The van der Waals surface area contributed by atoms with Gasteiger partial charge in [0.25, 0.3) is 0 Å². The summed E-state index contributed by atoms with van der Waals surface area (Å²) in [5.74, 6) is 6.77. The van der Waals surface area contributed by atoms with Gasteiger partial charge >= 0.3 is 0 Å². The van der Waals surface area contributed by atoms with Gasteiger partial charge in [-0.25, -0.2) is 5.01 Å². The number of hydrazine groups is 1. The van der Waals surface area contributed by atoms with Crippen molar-refractivity contribution >= 4 is 0 Å². The number of piperidine rings is 1. The molecule has 2 fully saturated rings. The summed E-state index contributed by atoms with van der Waals surface area (Å²) in [6, 6.07) is 0.